The van der Waals surface area contributed by atoms with Gasteiger partial charge in [-0.1, -0.05) is 6.42 Å². The van der Waals surface area contributed by atoms with E-state index < -0.39 is 21.9 Å². The quantitative estimate of drug-likeness (QED) is 0.647. The Hall–Kier alpha value is -1.45. The molecule has 0 bridgehead atoms. The summed E-state index contributed by atoms with van der Waals surface area (Å²) < 4.78 is 26.0. The zero-order valence-electron chi connectivity index (χ0n) is 11.9. The second kappa shape index (κ2) is 7.21. The summed E-state index contributed by atoms with van der Waals surface area (Å²) in [4.78, 5) is 22.8. The predicted octanol–water partition coefficient (Wildman–Crippen LogP) is 0.896. The van der Waals surface area contributed by atoms with Crippen molar-refractivity contribution in [1.29, 1.82) is 0 Å². The maximum absolute atomic E-state index is 11.8. The van der Waals surface area contributed by atoms with Gasteiger partial charge in [-0.05, 0) is 30.9 Å². The molecule has 22 heavy (non-hydrogen) atoms. The number of rotatable bonds is 8. The lowest BCUT2D eigenvalue weighted by Gasteiger charge is -2.25. The number of aromatic carboxylic acids is 1. The van der Waals surface area contributed by atoms with E-state index in [1.165, 1.54) is 12.1 Å². The van der Waals surface area contributed by atoms with Gasteiger partial charge in [0.25, 0.3) is 5.91 Å². The molecule has 9 heteroatoms. The van der Waals surface area contributed by atoms with Crippen molar-refractivity contribution in [3.8, 4) is 0 Å². The largest absolute Gasteiger partial charge is 0.477 e. The van der Waals surface area contributed by atoms with Crippen LogP contribution in [0, 0.1) is 5.92 Å². The van der Waals surface area contributed by atoms with Crippen molar-refractivity contribution < 1.29 is 23.1 Å². The Labute approximate surface area is 132 Å². The molecule has 0 saturated heterocycles. The highest BCUT2D eigenvalue weighted by Crippen LogP contribution is 2.25. The molecule has 1 amide bonds. The van der Waals surface area contributed by atoms with Gasteiger partial charge >= 0.3 is 5.97 Å². The zero-order chi connectivity index (χ0) is 16.2. The van der Waals surface area contributed by atoms with Crippen molar-refractivity contribution >= 4 is 33.2 Å². The Morgan fingerprint density at radius 1 is 1.27 bits per heavy atom. The molecule has 2 rings (SSSR count). The third-order valence-electron chi connectivity index (χ3n) is 3.51. The molecule has 1 aromatic heterocycles. The molecule has 0 aliphatic heterocycles. The fourth-order valence-electron chi connectivity index (χ4n) is 1.97. The second-order valence-electron chi connectivity index (χ2n) is 5.19. The molecule has 0 spiro atoms. The number of thiophene rings is 1. The molecule has 1 aromatic rings. The van der Waals surface area contributed by atoms with Crippen LogP contribution in [0.2, 0.25) is 0 Å². The third-order valence-corrected chi connectivity index (χ3v) is 5.93. The molecule has 7 nitrogen and oxygen atoms in total. The number of hydrogen-bond acceptors (Lipinski definition) is 5. The van der Waals surface area contributed by atoms with Crippen LogP contribution in [0.5, 0.6) is 0 Å². The number of carbonyl (C=O) groups excluding carboxylic acids is 1. The SMILES string of the molecule is O=C(O)c1ccc(C(=O)NCCS(=O)(=O)NCC2CCC2)s1. The minimum absolute atomic E-state index is 0.0147. The Bertz CT molecular complexity index is 649. The number of sulfonamides is 1. The van der Waals surface area contributed by atoms with Gasteiger partial charge in [-0.3, -0.25) is 4.79 Å². The number of carboxylic acids is 1. The normalized spacial score (nSPS) is 15.3. The molecule has 3 N–H and O–H groups in total. The maximum Gasteiger partial charge on any atom is 0.345 e. The van der Waals surface area contributed by atoms with Gasteiger partial charge in [0.2, 0.25) is 10.0 Å². The monoisotopic (exact) mass is 346 g/mol. The topological polar surface area (TPSA) is 113 Å². The second-order valence-corrected chi connectivity index (χ2v) is 8.20. The van der Waals surface area contributed by atoms with Crippen LogP contribution in [-0.4, -0.2) is 44.2 Å². The van der Waals surface area contributed by atoms with E-state index in [2.05, 4.69) is 10.0 Å². The first-order valence-electron chi connectivity index (χ1n) is 6.96. The summed E-state index contributed by atoms with van der Waals surface area (Å²) in [6.45, 7) is 0.447. The highest BCUT2D eigenvalue weighted by Gasteiger charge is 2.20. The summed E-state index contributed by atoms with van der Waals surface area (Å²) in [6.07, 6.45) is 3.27. The zero-order valence-corrected chi connectivity index (χ0v) is 13.5. The molecule has 1 aliphatic carbocycles. The van der Waals surface area contributed by atoms with E-state index >= 15 is 0 Å². The Balaban J connectivity index is 1.74. The van der Waals surface area contributed by atoms with Gasteiger partial charge in [0, 0.05) is 13.1 Å². The van der Waals surface area contributed by atoms with E-state index in [4.69, 9.17) is 5.11 Å². The van der Waals surface area contributed by atoms with Gasteiger partial charge in [0.15, 0.2) is 0 Å². The summed E-state index contributed by atoms with van der Waals surface area (Å²) in [7, 11) is -3.39. The van der Waals surface area contributed by atoms with Crippen molar-refractivity contribution in [2.75, 3.05) is 18.8 Å². The van der Waals surface area contributed by atoms with Crippen molar-refractivity contribution in [3.05, 3.63) is 21.9 Å². The third kappa shape index (κ3) is 4.79. The van der Waals surface area contributed by atoms with Crippen LogP contribution in [0.25, 0.3) is 0 Å². The van der Waals surface area contributed by atoms with Gasteiger partial charge in [-0.15, -0.1) is 11.3 Å². The summed E-state index contributed by atoms with van der Waals surface area (Å²) in [6, 6.07) is 2.76. The average molecular weight is 346 g/mol. The van der Waals surface area contributed by atoms with E-state index in [-0.39, 0.29) is 22.1 Å². The van der Waals surface area contributed by atoms with Gasteiger partial charge in [0.1, 0.15) is 4.88 Å². The Kier molecular flexibility index (Phi) is 5.54. The summed E-state index contributed by atoms with van der Waals surface area (Å²) in [5, 5.41) is 11.3. The van der Waals surface area contributed by atoms with E-state index in [1.54, 1.807) is 0 Å². The Morgan fingerprint density at radius 2 is 1.95 bits per heavy atom. The van der Waals surface area contributed by atoms with Crippen LogP contribution in [0.4, 0.5) is 0 Å². The predicted molar refractivity (Wildman–Crippen MR) is 82.7 cm³/mol. The molecule has 122 valence electrons. The first kappa shape index (κ1) is 16.9. The van der Waals surface area contributed by atoms with Gasteiger partial charge in [-0.25, -0.2) is 17.9 Å². The van der Waals surface area contributed by atoms with Crippen molar-refractivity contribution in [2.45, 2.75) is 19.3 Å². The lowest BCUT2D eigenvalue weighted by atomic mass is 9.86. The molecule has 0 atom stereocenters. The van der Waals surface area contributed by atoms with E-state index in [0.717, 1.165) is 30.6 Å². The number of nitrogens with one attached hydrogen (secondary N) is 2. The summed E-state index contributed by atoms with van der Waals surface area (Å²) >= 11 is 0.855. The van der Waals surface area contributed by atoms with Crippen LogP contribution in [0.3, 0.4) is 0 Å². The van der Waals surface area contributed by atoms with Gasteiger partial charge < -0.3 is 10.4 Å². The fourth-order valence-corrected chi connectivity index (χ4v) is 3.74. The molecule has 0 unspecified atom stereocenters. The van der Waals surface area contributed by atoms with Crippen LogP contribution >= 0.6 is 11.3 Å². The van der Waals surface area contributed by atoms with E-state index in [0.29, 0.717) is 12.5 Å². The van der Waals surface area contributed by atoms with Crippen molar-refractivity contribution in [1.82, 2.24) is 10.0 Å². The molecular weight excluding hydrogens is 328 g/mol. The minimum atomic E-state index is -3.39. The first-order chi connectivity index (χ1) is 10.4. The van der Waals surface area contributed by atoms with Gasteiger partial charge in [-0.2, -0.15) is 0 Å². The minimum Gasteiger partial charge on any atom is -0.477 e. The Morgan fingerprint density at radius 3 is 2.50 bits per heavy atom. The smallest absolute Gasteiger partial charge is 0.345 e. The number of hydrogen-bond donors (Lipinski definition) is 3. The molecule has 1 heterocycles. The summed E-state index contributed by atoms with van der Waals surface area (Å²) in [5.74, 6) is -1.31. The van der Waals surface area contributed by atoms with Crippen LogP contribution < -0.4 is 10.0 Å². The molecule has 1 fully saturated rings. The lowest BCUT2D eigenvalue weighted by Crippen LogP contribution is -2.37. The molecule has 1 aliphatic rings. The van der Waals surface area contributed by atoms with Crippen molar-refractivity contribution in [3.63, 3.8) is 0 Å². The first-order valence-corrected chi connectivity index (χ1v) is 9.43. The lowest BCUT2D eigenvalue weighted by molar-refractivity contribution is 0.0702. The van der Waals surface area contributed by atoms with E-state index in [1.807, 2.05) is 0 Å². The van der Waals surface area contributed by atoms with Crippen LogP contribution in [-0.2, 0) is 10.0 Å². The van der Waals surface area contributed by atoms with Crippen LogP contribution in [0.15, 0.2) is 12.1 Å². The highest BCUT2D eigenvalue weighted by molar-refractivity contribution is 7.89. The molecular formula is C13H18N2O5S2. The number of carbonyl (C=O) groups is 2. The van der Waals surface area contributed by atoms with Gasteiger partial charge in [0.05, 0.1) is 10.6 Å². The van der Waals surface area contributed by atoms with E-state index in [9.17, 15) is 18.0 Å². The van der Waals surface area contributed by atoms with Crippen molar-refractivity contribution in [2.24, 2.45) is 5.92 Å². The average Bonchev–Trinajstić information content (AvgIpc) is 2.86. The fraction of sp³-hybridized carbons (Fsp3) is 0.538. The summed E-state index contributed by atoms with van der Waals surface area (Å²) in [5.41, 5.74) is 0. The molecule has 0 radical (unpaired) electrons. The number of carboxylic acid groups (broad SMARTS) is 1. The standard InChI is InChI=1S/C13H18N2O5S2/c16-12(10-4-5-11(21-10)13(17)18)14-6-7-22(19,20)15-8-9-2-1-3-9/h4-5,9,15H,1-3,6-8H2,(H,14,16)(H,17,18). The van der Waals surface area contributed by atoms with Crippen LogP contribution in [0.1, 0.15) is 38.6 Å². The number of amides is 1. The molecule has 0 aromatic carbocycles. The highest BCUT2D eigenvalue weighted by atomic mass is 32.2. The maximum atomic E-state index is 11.8. The molecule has 1 saturated carbocycles.